The third kappa shape index (κ3) is 3.51. The molecule has 2 nitrogen and oxygen atoms in total. The second-order valence-electron chi connectivity index (χ2n) is 4.36. The van der Waals surface area contributed by atoms with Crippen LogP contribution in [0.15, 0.2) is 40.9 Å². The highest BCUT2D eigenvalue weighted by molar-refractivity contribution is 9.10. The van der Waals surface area contributed by atoms with E-state index in [1.165, 1.54) is 6.07 Å². The normalized spacial score (nSPS) is 12.2. The molecule has 0 saturated carbocycles. The van der Waals surface area contributed by atoms with Crippen molar-refractivity contribution in [2.75, 3.05) is 0 Å². The van der Waals surface area contributed by atoms with Crippen LogP contribution in [0.2, 0.25) is 5.02 Å². The molecule has 106 valence electrons. The summed E-state index contributed by atoms with van der Waals surface area (Å²) in [6, 6.07) is 10.1. The highest BCUT2D eigenvalue weighted by atomic mass is 79.9. The van der Waals surface area contributed by atoms with Crippen LogP contribution in [0.3, 0.4) is 0 Å². The number of aliphatic hydroxyl groups is 1. The van der Waals surface area contributed by atoms with E-state index in [1.54, 1.807) is 37.3 Å². The van der Waals surface area contributed by atoms with Crippen molar-refractivity contribution in [3.63, 3.8) is 0 Å². The van der Waals surface area contributed by atoms with E-state index in [-0.39, 0.29) is 11.6 Å². The van der Waals surface area contributed by atoms with Gasteiger partial charge in [0.15, 0.2) is 0 Å². The summed E-state index contributed by atoms with van der Waals surface area (Å²) in [4.78, 5) is 0. The molecule has 0 unspecified atom stereocenters. The van der Waals surface area contributed by atoms with Gasteiger partial charge in [-0.05, 0) is 31.2 Å². The molecule has 20 heavy (non-hydrogen) atoms. The molecule has 0 aliphatic heterocycles. The topological polar surface area (TPSA) is 29.5 Å². The molecule has 1 N–H and O–H groups in total. The summed E-state index contributed by atoms with van der Waals surface area (Å²) in [5.41, 5.74) is 1.01. The second kappa shape index (κ2) is 6.57. The smallest absolute Gasteiger partial charge is 0.148 e. The summed E-state index contributed by atoms with van der Waals surface area (Å²) in [7, 11) is 0. The van der Waals surface area contributed by atoms with Gasteiger partial charge in [-0.15, -0.1) is 0 Å². The summed E-state index contributed by atoms with van der Waals surface area (Å²) >= 11 is 9.06. The molecule has 2 rings (SSSR count). The van der Waals surface area contributed by atoms with E-state index >= 15 is 0 Å². The van der Waals surface area contributed by atoms with Crippen molar-refractivity contribution in [1.29, 1.82) is 0 Å². The standard InChI is InChI=1S/C15H13BrClFO2/c1-9(19)12-7-11(16)5-6-14(12)20-8-10-3-2-4-13(17)15(10)18/h2-7,9,19H,8H2,1H3/t9-/m0/s1. The van der Waals surface area contributed by atoms with Gasteiger partial charge in [-0.25, -0.2) is 4.39 Å². The average Bonchev–Trinajstić information content (AvgIpc) is 2.41. The second-order valence-corrected chi connectivity index (χ2v) is 5.68. The fraction of sp³-hybridized carbons (Fsp3) is 0.200. The van der Waals surface area contributed by atoms with Crippen LogP contribution < -0.4 is 4.74 Å². The molecule has 0 bridgehead atoms. The Morgan fingerprint density at radius 2 is 2.10 bits per heavy atom. The van der Waals surface area contributed by atoms with Crippen molar-refractivity contribution in [3.8, 4) is 5.75 Å². The van der Waals surface area contributed by atoms with Crippen LogP contribution in [0, 0.1) is 5.82 Å². The van der Waals surface area contributed by atoms with Crippen LogP contribution in [-0.2, 0) is 6.61 Å². The van der Waals surface area contributed by atoms with E-state index in [0.717, 1.165) is 4.47 Å². The lowest BCUT2D eigenvalue weighted by atomic mass is 10.1. The zero-order chi connectivity index (χ0) is 14.7. The van der Waals surface area contributed by atoms with Crippen molar-refractivity contribution < 1.29 is 14.2 Å². The SMILES string of the molecule is C[C@H](O)c1cc(Br)ccc1OCc1cccc(Cl)c1F. The molecule has 0 aliphatic carbocycles. The molecule has 5 heteroatoms. The molecule has 0 spiro atoms. The van der Waals surface area contributed by atoms with Gasteiger partial charge >= 0.3 is 0 Å². The molecule has 0 aromatic heterocycles. The largest absolute Gasteiger partial charge is 0.488 e. The zero-order valence-corrected chi connectivity index (χ0v) is 13.1. The minimum absolute atomic E-state index is 0.0494. The number of hydrogen-bond acceptors (Lipinski definition) is 2. The van der Waals surface area contributed by atoms with Gasteiger partial charge in [0, 0.05) is 15.6 Å². The maximum atomic E-state index is 13.8. The number of hydrogen-bond donors (Lipinski definition) is 1. The van der Waals surface area contributed by atoms with E-state index in [0.29, 0.717) is 16.9 Å². The van der Waals surface area contributed by atoms with Gasteiger partial charge in [-0.1, -0.05) is 39.7 Å². The van der Waals surface area contributed by atoms with Crippen LogP contribution in [0.5, 0.6) is 5.75 Å². The number of halogens is 3. The van der Waals surface area contributed by atoms with E-state index in [1.807, 2.05) is 0 Å². The summed E-state index contributed by atoms with van der Waals surface area (Å²) in [6.07, 6.45) is -0.674. The van der Waals surface area contributed by atoms with E-state index in [2.05, 4.69) is 15.9 Å². The predicted octanol–water partition coefficient (Wildman–Crippen LogP) is 4.87. The Morgan fingerprint density at radius 3 is 2.80 bits per heavy atom. The molecule has 2 aromatic carbocycles. The summed E-state index contributed by atoms with van der Waals surface area (Å²) in [5, 5.41) is 9.80. The Balaban J connectivity index is 2.21. The maximum absolute atomic E-state index is 13.8. The maximum Gasteiger partial charge on any atom is 0.148 e. The third-order valence-corrected chi connectivity index (χ3v) is 3.62. The molecule has 0 radical (unpaired) electrons. The van der Waals surface area contributed by atoms with Gasteiger partial charge in [0.05, 0.1) is 11.1 Å². The molecule has 0 saturated heterocycles. The Morgan fingerprint density at radius 1 is 1.35 bits per heavy atom. The first kappa shape index (κ1) is 15.3. The molecule has 0 fully saturated rings. The average molecular weight is 360 g/mol. The highest BCUT2D eigenvalue weighted by Gasteiger charge is 2.12. The van der Waals surface area contributed by atoms with Gasteiger partial charge in [0.25, 0.3) is 0 Å². The molecule has 2 aromatic rings. The number of benzene rings is 2. The van der Waals surface area contributed by atoms with Crippen LogP contribution in [0.25, 0.3) is 0 Å². The van der Waals surface area contributed by atoms with Gasteiger partial charge in [0.2, 0.25) is 0 Å². The number of rotatable bonds is 4. The van der Waals surface area contributed by atoms with Gasteiger partial charge < -0.3 is 9.84 Å². The zero-order valence-electron chi connectivity index (χ0n) is 10.7. The van der Waals surface area contributed by atoms with Crippen LogP contribution >= 0.6 is 27.5 Å². The van der Waals surface area contributed by atoms with Crippen LogP contribution in [0.4, 0.5) is 4.39 Å². The fourth-order valence-corrected chi connectivity index (χ4v) is 2.37. The highest BCUT2D eigenvalue weighted by Crippen LogP contribution is 2.29. The summed E-state index contributed by atoms with van der Waals surface area (Å²) in [6.45, 7) is 1.70. The van der Waals surface area contributed by atoms with Gasteiger partial charge in [-0.2, -0.15) is 0 Å². The Hall–Kier alpha value is -1.10. The predicted molar refractivity (Wildman–Crippen MR) is 80.5 cm³/mol. The number of ether oxygens (including phenoxy) is 1. The van der Waals surface area contributed by atoms with Crippen molar-refractivity contribution in [2.45, 2.75) is 19.6 Å². The molecule has 0 heterocycles. The van der Waals surface area contributed by atoms with Crippen molar-refractivity contribution in [3.05, 3.63) is 62.8 Å². The first-order valence-electron chi connectivity index (χ1n) is 6.02. The first-order valence-corrected chi connectivity index (χ1v) is 7.19. The minimum Gasteiger partial charge on any atom is -0.488 e. The van der Waals surface area contributed by atoms with Crippen LogP contribution in [-0.4, -0.2) is 5.11 Å². The minimum atomic E-state index is -0.674. The molecule has 1 atom stereocenters. The lowest BCUT2D eigenvalue weighted by Gasteiger charge is -2.14. The van der Waals surface area contributed by atoms with Gasteiger partial charge in [0.1, 0.15) is 18.2 Å². The monoisotopic (exact) mass is 358 g/mol. The lowest BCUT2D eigenvalue weighted by molar-refractivity contribution is 0.189. The molecular weight excluding hydrogens is 347 g/mol. The Kier molecular flexibility index (Phi) is 5.02. The molecule has 0 aliphatic rings. The van der Waals surface area contributed by atoms with E-state index < -0.39 is 11.9 Å². The quantitative estimate of drug-likeness (QED) is 0.843. The van der Waals surface area contributed by atoms with Crippen molar-refractivity contribution in [2.24, 2.45) is 0 Å². The number of aliphatic hydroxyl groups excluding tert-OH is 1. The van der Waals surface area contributed by atoms with E-state index in [4.69, 9.17) is 16.3 Å². The Bertz CT molecular complexity index is 617. The molecular formula is C15H13BrClFO2. The van der Waals surface area contributed by atoms with Crippen LogP contribution in [0.1, 0.15) is 24.2 Å². The third-order valence-electron chi connectivity index (χ3n) is 2.84. The summed E-state index contributed by atoms with van der Waals surface area (Å²) in [5.74, 6) is 0.0347. The molecule has 0 amide bonds. The van der Waals surface area contributed by atoms with E-state index in [9.17, 15) is 9.50 Å². The summed E-state index contributed by atoms with van der Waals surface area (Å²) < 4.78 is 20.2. The van der Waals surface area contributed by atoms with Gasteiger partial charge in [-0.3, -0.25) is 0 Å². The first-order chi connectivity index (χ1) is 9.49. The fourth-order valence-electron chi connectivity index (χ4n) is 1.79. The van der Waals surface area contributed by atoms with Crippen molar-refractivity contribution >= 4 is 27.5 Å². The lowest BCUT2D eigenvalue weighted by Crippen LogP contribution is -2.03. The Labute approximate surface area is 130 Å². The van der Waals surface area contributed by atoms with Crippen molar-refractivity contribution in [1.82, 2.24) is 0 Å².